The number of hydrazine groups is 1. The Hall–Kier alpha value is -1.57. The van der Waals surface area contributed by atoms with E-state index in [0.717, 1.165) is 5.56 Å². The van der Waals surface area contributed by atoms with Gasteiger partial charge in [0.25, 0.3) is 0 Å². The monoisotopic (exact) mass is 277 g/mol. The molecule has 1 aromatic heterocycles. The molecule has 8 heteroatoms. The lowest BCUT2D eigenvalue weighted by Crippen LogP contribution is -2.16. The molecule has 0 saturated heterocycles. The van der Waals surface area contributed by atoms with E-state index in [1.807, 2.05) is 13.8 Å². The second-order valence-electron chi connectivity index (χ2n) is 4.43. The Morgan fingerprint density at radius 1 is 1.26 bits per heavy atom. The van der Waals surface area contributed by atoms with E-state index < -0.39 is 12.6 Å². The number of anilines is 2. The van der Waals surface area contributed by atoms with Gasteiger partial charge in [-0.05, 0) is 12.3 Å². The zero-order valence-corrected chi connectivity index (χ0v) is 10.9. The van der Waals surface area contributed by atoms with Gasteiger partial charge in [-0.25, -0.2) is 15.8 Å². The second-order valence-corrected chi connectivity index (χ2v) is 4.43. The highest BCUT2D eigenvalue weighted by Gasteiger charge is 2.26. The van der Waals surface area contributed by atoms with Gasteiger partial charge in [0.1, 0.15) is 18.0 Å². The summed E-state index contributed by atoms with van der Waals surface area (Å²) in [5.41, 5.74) is 3.22. The summed E-state index contributed by atoms with van der Waals surface area (Å²) in [4.78, 5) is 8.02. The van der Waals surface area contributed by atoms with Crippen LogP contribution in [-0.2, 0) is 0 Å². The van der Waals surface area contributed by atoms with Crippen molar-refractivity contribution in [1.29, 1.82) is 0 Å². The van der Waals surface area contributed by atoms with Crippen LogP contribution < -0.4 is 16.6 Å². The summed E-state index contributed by atoms with van der Waals surface area (Å²) in [5, 5.41) is 2.90. The highest BCUT2D eigenvalue weighted by atomic mass is 19.4. The molecule has 0 unspecified atom stereocenters. The standard InChI is InChI=1S/C11H18F3N5/c1-7(2)8-9(17-6-18-10(8)19-15)16-5-3-4-11(12,13)14/h6-7H,3-5,15H2,1-2H3,(H2,16,17,18,19). The van der Waals surface area contributed by atoms with Crippen LogP contribution >= 0.6 is 0 Å². The lowest BCUT2D eigenvalue weighted by atomic mass is 10.0. The average Bonchev–Trinajstić information content (AvgIpc) is 2.32. The van der Waals surface area contributed by atoms with Gasteiger partial charge >= 0.3 is 6.18 Å². The van der Waals surface area contributed by atoms with Crippen LogP contribution in [0.15, 0.2) is 6.33 Å². The molecule has 0 aromatic carbocycles. The molecule has 0 bridgehead atoms. The van der Waals surface area contributed by atoms with Crippen LogP contribution in [0.1, 0.15) is 38.2 Å². The molecule has 19 heavy (non-hydrogen) atoms. The number of hydrogen-bond acceptors (Lipinski definition) is 5. The van der Waals surface area contributed by atoms with Gasteiger partial charge in [0, 0.05) is 18.5 Å². The van der Waals surface area contributed by atoms with Crippen molar-refractivity contribution in [2.24, 2.45) is 5.84 Å². The Kier molecular flexibility index (Phi) is 5.34. The smallest absolute Gasteiger partial charge is 0.370 e. The van der Waals surface area contributed by atoms with Gasteiger partial charge in [0.15, 0.2) is 0 Å². The van der Waals surface area contributed by atoms with Crippen molar-refractivity contribution >= 4 is 11.6 Å². The maximum absolute atomic E-state index is 12.0. The number of nitrogens with two attached hydrogens (primary N) is 1. The van der Waals surface area contributed by atoms with Crippen LogP contribution in [0.2, 0.25) is 0 Å². The number of alkyl halides is 3. The molecule has 0 spiro atoms. The SMILES string of the molecule is CC(C)c1c(NN)ncnc1NCCCC(F)(F)F. The molecule has 0 fully saturated rings. The first-order chi connectivity index (χ1) is 8.85. The largest absolute Gasteiger partial charge is 0.389 e. The van der Waals surface area contributed by atoms with Crippen molar-refractivity contribution in [3.63, 3.8) is 0 Å². The van der Waals surface area contributed by atoms with Crippen LogP contribution in [-0.4, -0.2) is 22.7 Å². The van der Waals surface area contributed by atoms with E-state index in [1.165, 1.54) is 6.33 Å². The first-order valence-corrected chi connectivity index (χ1v) is 5.97. The third kappa shape index (κ3) is 4.90. The number of aromatic nitrogens is 2. The second kappa shape index (κ2) is 6.55. The number of hydrogen-bond donors (Lipinski definition) is 3. The van der Waals surface area contributed by atoms with Gasteiger partial charge in [-0.15, -0.1) is 0 Å². The Morgan fingerprint density at radius 3 is 2.42 bits per heavy atom. The molecule has 0 aliphatic rings. The van der Waals surface area contributed by atoms with E-state index >= 15 is 0 Å². The van der Waals surface area contributed by atoms with E-state index in [0.29, 0.717) is 11.6 Å². The molecule has 4 N–H and O–H groups in total. The summed E-state index contributed by atoms with van der Waals surface area (Å²) in [6.45, 7) is 4.06. The molecular formula is C11H18F3N5. The van der Waals surface area contributed by atoms with Crippen LogP contribution in [0.5, 0.6) is 0 Å². The number of nitrogen functional groups attached to an aromatic ring is 1. The highest BCUT2D eigenvalue weighted by Crippen LogP contribution is 2.28. The average molecular weight is 277 g/mol. The van der Waals surface area contributed by atoms with Crippen LogP contribution in [0.3, 0.4) is 0 Å². The van der Waals surface area contributed by atoms with Crippen molar-refractivity contribution < 1.29 is 13.2 Å². The first kappa shape index (κ1) is 15.5. The molecular weight excluding hydrogens is 259 g/mol. The van der Waals surface area contributed by atoms with Crippen LogP contribution in [0.4, 0.5) is 24.8 Å². The molecule has 0 aliphatic heterocycles. The highest BCUT2D eigenvalue weighted by molar-refractivity contribution is 5.58. The Balaban J connectivity index is 2.68. The summed E-state index contributed by atoms with van der Waals surface area (Å²) in [6, 6.07) is 0. The van der Waals surface area contributed by atoms with Gasteiger partial charge in [-0.3, -0.25) is 0 Å². The summed E-state index contributed by atoms with van der Waals surface area (Å²) in [6.07, 6.45) is -3.63. The maximum atomic E-state index is 12.0. The summed E-state index contributed by atoms with van der Waals surface area (Å²) in [5.74, 6) is 6.44. The molecule has 0 amide bonds. The van der Waals surface area contributed by atoms with E-state index in [9.17, 15) is 13.2 Å². The Labute approximate surface area is 109 Å². The first-order valence-electron chi connectivity index (χ1n) is 5.97. The van der Waals surface area contributed by atoms with E-state index in [-0.39, 0.29) is 18.9 Å². The van der Waals surface area contributed by atoms with Gasteiger partial charge in [0.2, 0.25) is 0 Å². The molecule has 0 radical (unpaired) electrons. The van der Waals surface area contributed by atoms with Crippen LogP contribution in [0, 0.1) is 0 Å². The summed E-state index contributed by atoms with van der Waals surface area (Å²) in [7, 11) is 0. The van der Waals surface area contributed by atoms with E-state index in [4.69, 9.17) is 5.84 Å². The lowest BCUT2D eigenvalue weighted by molar-refractivity contribution is -0.134. The number of halogens is 3. The fourth-order valence-electron chi connectivity index (χ4n) is 1.69. The Bertz CT molecular complexity index is 406. The number of nitrogens with zero attached hydrogens (tertiary/aromatic N) is 2. The lowest BCUT2D eigenvalue weighted by Gasteiger charge is -2.16. The molecule has 0 atom stereocenters. The van der Waals surface area contributed by atoms with Crippen molar-refractivity contribution in [1.82, 2.24) is 9.97 Å². The van der Waals surface area contributed by atoms with Gasteiger partial charge in [-0.1, -0.05) is 13.8 Å². The fourth-order valence-corrected chi connectivity index (χ4v) is 1.69. The normalized spacial score (nSPS) is 11.7. The van der Waals surface area contributed by atoms with E-state index in [1.54, 1.807) is 0 Å². The fraction of sp³-hybridized carbons (Fsp3) is 0.636. The Morgan fingerprint density at radius 2 is 1.89 bits per heavy atom. The number of rotatable bonds is 6. The summed E-state index contributed by atoms with van der Waals surface area (Å²) >= 11 is 0. The van der Waals surface area contributed by atoms with Gasteiger partial charge < -0.3 is 10.7 Å². The summed E-state index contributed by atoms with van der Waals surface area (Å²) < 4.78 is 36.1. The zero-order valence-electron chi connectivity index (χ0n) is 10.9. The van der Waals surface area contributed by atoms with Crippen molar-refractivity contribution in [3.05, 3.63) is 11.9 Å². The molecule has 1 aromatic rings. The van der Waals surface area contributed by atoms with Crippen molar-refractivity contribution in [3.8, 4) is 0 Å². The molecule has 0 saturated carbocycles. The van der Waals surface area contributed by atoms with Crippen LogP contribution in [0.25, 0.3) is 0 Å². The van der Waals surface area contributed by atoms with Gasteiger partial charge in [-0.2, -0.15) is 13.2 Å². The third-order valence-corrected chi connectivity index (χ3v) is 2.53. The molecule has 108 valence electrons. The topological polar surface area (TPSA) is 75.9 Å². The minimum absolute atomic E-state index is 0.00355. The quantitative estimate of drug-likeness (QED) is 0.423. The minimum Gasteiger partial charge on any atom is -0.370 e. The van der Waals surface area contributed by atoms with Crippen molar-refractivity contribution in [2.45, 2.75) is 38.8 Å². The predicted molar refractivity (Wildman–Crippen MR) is 67.7 cm³/mol. The van der Waals surface area contributed by atoms with E-state index in [2.05, 4.69) is 20.7 Å². The molecule has 1 heterocycles. The third-order valence-electron chi connectivity index (χ3n) is 2.53. The minimum atomic E-state index is -4.13. The predicted octanol–water partition coefficient (Wildman–Crippen LogP) is 2.64. The molecule has 1 rings (SSSR count). The number of nitrogens with one attached hydrogen (secondary N) is 2. The van der Waals surface area contributed by atoms with Gasteiger partial charge in [0.05, 0.1) is 0 Å². The van der Waals surface area contributed by atoms with Crippen molar-refractivity contribution in [2.75, 3.05) is 17.3 Å². The molecule has 0 aliphatic carbocycles. The zero-order chi connectivity index (χ0) is 14.5. The maximum Gasteiger partial charge on any atom is 0.389 e. The molecule has 5 nitrogen and oxygen atoms in total.